The highest BCUT2D eigenvalue weighted by atomic mass is 16.5. The summed E-state index contributed by atoms with van der Waals surface area (Å²) in [7, 11) is 0. The van der Waals surface area contributed by atoms with Crippen LogP contribution < -0.4 is 15.1 Å². The number of ether oxygens (including phenoxy) is 2. The van der Waals surface area contributed by atoms with Gasteiger partial charge in [0.25, 0.3) is 5.91 Å². The van der Waals surface area contributed by atoms with Crippen LogP contribution in [0.25, 0.3) is 0 Å². The zero-order valence-corrected chi connectivity index (χ0v) is 15.8. The van der Waals surface area contributed by atoms with Crippen LogP contribution in [0.3, 0.4) is 0 Å². The Kier molecular flexibility index (Phi) is 6.44. The number of nitrogens with one attached hydrogen (secondary N) is 1. The molecule has 1 heterocycles. The van der Waals surface area contributed by atoms with Gasteiger partial charge in [0.1, 0.15) is 5.75 Å². The molecule has 1 saturated heterocycles. The quantitative estimate of drug-likeness (QED) is 0.630. The van der Waals surface area contributed by atoms with Crippen molar-refractivity contribution >= 4 is 17.3 Å². The predicted octanol–water partition coefficient (Wildman–Crippen LogP) is 3.08. The predicted molar refractivity (Wildman–Crippen MR) is 107 cm³/mol. The van der Waals surface area contributed by atoms with Crippen molar-refractivity contribution in [1.29, 1.82) is 0 Å². The van der Waals surface area contributed by atoms with Crippen LogP contribution in [-0.4, -0.2) is 44.5 Å². The molecule has 1 amide bonds. The molecule has 0 radical (unpaired) electrons. The number of carbonyl (C=O) groups excluding carboxylic acids is 1. The van der Waals surface area contributed by atoms with Crippen molar-refractivity contribution in [2.75, 3.05) is 37.8 Å². The lowest BCUT2D eigenvalue weighted by molar-refractivity contribution is 0.0955. The fourth-order valence-electron chi connectivity index (χ4n) is 2.87. The number of morpholine rings is 1. The number of anilines is 1. The normalized spacial score (nSPS) is 14.7. The molecule has 0 spiro atoms. The van der Waals surface area contributed by atoms with E-state index in [1.165, 1.54) is 5.69 Å². The van der Waals surface area contributed by atoms with Crippen molar-refractivity contribution < 1.29 is 14.3 Å². The van der Waals surface area contributed by atoms with Crippen molar-refractivity contribution in [1.82, 2.24) is 5.43 Å². The molecule has 6 heteroatoms. The van der Waals surface area contributed by atoms with Crippen LogP contribution in [0.1, 0.15) is 29.8 Å². The molecule has 1 aliphatic rings. The molecule has 3 rings (SSSR count). The molecule has 2 aromatic carbocycles. The van der Waals surface area contributed by atoms with E-state index in [4.69, 9.17) is 9.47 Å². The summed E-state index contributed by atoms with van der Waals surface area (Å²) in [6, 6.07) is 15.2. The van der Waals surface area contributed by atoms with E-state index in [0.717, 1.165) is 43.3 Å². The standard InChI is InChI=1S/C21H25N3O3/c1-3-27-20-10-6-18(7-11-20)21(25)23-22-16(2)17-4-8-19(9-5-17)24-12-14-26-15-13-24/h4-11H,3,12-15H2,1-2H3,(H,23,25)/b22-16-. The summed E-state index contributed by atoms with van der Waals surface area (Å²) < 4.78 is 10.8. The van der Waals surface area contributed by atoms with Gasteiger partial charge in [-0.1, -0.05) is 12.1 Å². The third kappa shape index (κ3) is 5.08. The molecule has 2 aromatic rings. The lowest BCUT2D eigenvalue weighted by Crippen LogP contribution is -2.36. The number of carbonyl (C=O) groups is 1. The van der Waals surface area contributed by atoms with Gasteiger partial charge >= 0.3 is 0 Å². The molecular formula is C21H25N3O3. The van der Waals surface area contributed by atoms with Crippen LogP contribution in [0.4, 0.5) is 5.69 Å². The van der Waals surface area contributed by atoms with Gasteiger partial charge in [-0.15, -0.1) is 0 Å². The second-order valence-electron chi connectivity index (χ2n) is 6.24. The van der Waals surface area contributed by atoms with Crippen molar-refractivity contribution in [3.8, 4) is 5.75 Å². The minimum absolute atomic E-state index is 0.248. The molecule has 6 nitrogen and oxygen atoms in total. The molecule has 0 aliphatic carbocycles. The molecule has 1 N–H and O–H groups in total. The van der Waals surface area contributed by atoms with Gasteiger partial charge in [0.15, 0.2) is 0 Å². The zero-order valence-electron chi connectivity index (χ0n) is 15.8. The summed E-state index contributed by atoms with van der Waals surface area (Å²) in [5.41, 5.74) is 6.05. The number of hydrazone groups is 1. The zero-order chi connectivity index (χ0) is 19.1. The van der Waals surface area contributed by atoms with Crippen molar-refractivity contribution in [2.24, 2.45) is 5.10 Å². The Morgan fingerprint density at radius 1 is 1.07 bits per heavy atom. The number of benzene rings is 2. The third-order valence-electron chi connectivity index (χ3n) is 4.41. The van der Waals surface area contributed by atoms with Crippen LogP contribution in [0.15, 0.2) is 53.6 Å². The minimum Gasteiger partial charge on any atom is -0.494 e. The molecule has 1 fully saturated rings. The number of amides is 1. The fraction of sp³-hybridized carbons (Fsp3) is 0.333. The van der Waals surface area contributed by atoms with E-state index in [2.05, 4.69) is 27.6 Å². The summed E-state index contributed by atoms with van der Waals surface area (Å²) in [4.78, 5) is 14.5. The van der Waals surface area contributed by atoms with E-state index < -0.39 is 0 Å². The molecule has 142 valence electrons. The third-order valence-corrected chi connectivity index (χ3v) is 4.41. The van der Waals surface area contributed by atoms with E-state index in [9.17, 15) is 4.79 Å². The van der Waals surface area contributed by atoms with Crippen molar-refractivity contribution in [3.63, 3.8) is 0 Å². The highest BCUT2D eigenvalue weighted by Gasteiger charge is 2.11. The molecule has 0 bridgehead atoms. The van der Waals surface area contributed by atoms with Gasteiger partial charge in [-0.3, -0.25) is 4.79 Å². The average Bonchev–Trinajstić information content (AvgIpc) is 2.73. The van der Waals surface area contributed by atoms with Crippen LogP contribution >= 0.6 is 0 Å². The first kappa shape index (κ1) is 18.9. The summed E-state index contributed by atoms with van der Waals surface area (Å²) in [6.45, 7) is 7.74. The van der Waals surface area contributed by atoms with E-state index >= 15 is 0 Å². The van der Waals surface area contributed by atoms with E-state index in [1.54, 1.807) is 24.3 Å². The monoisotopic (exact) mass is 367 g/mol. The van der Waals surface area contributed by atoms with E-state index in [1.807, 2.05) is 26.0 Å². The van der Waals surface area contributed by atoms with E-state index in [0.29, 0.717) is 12.2 Å². The van der Waals surface area contributed by atoms with Gasteiger partial charge in [-0.05, 0) is 55.8 Å². The summed E-state index contributed by atoms with van der Waals surface area (Å²) in [5.74, 6) is 0.497. The van der Waals surface area contributed by atoms with Crippen LogP contribution in [0, 0.1) is 0 Å². The average molecular weight is 367 g/mol. The van der Waals surface area contributed by atoms with Gasteiger partial charge in [-0.2, -0.15) is 5.10 Å². The van der Waals surface area contributed by atoms with Gasteiger partial charge in [0.2, 0.25) is 0 Å². The maximum Gasteiger partial charge on any atom is 0.271 e. The summed E-state index contributed by atoms with van der Waals surface area (Å²) >= 11 is 0. The number of rotatable bonds is 6. The maximum absolute atomic E-state index is 12.2. The smallest absolute Gasteiger partial charge is 0.271 e. The Hall–Kier alpha value is -2.86. The topological polar surface area (TPSA) is 63.2 Å². The maximum atomic E-state index is 12.2. The first-order chi connectivity index (χ1) is 13.2. The molecular weight excluding hydrogens is 342 g/mol. The van der Waals surface area contributed by atoms with Crippen LogP contribution in [0.2, 0.25) is 0 Å². The van der Waals surface area contributed by atoms with Gasteiger partial charge in [0, 0.05) is 24.3 Å². The second-order valence-corrected chi connectivity index (χ2v) is 6.24. The summed E-state index contributed by atoms with van der Waals surface area (Å²) in [5, 5.41) is 4.22. The lowest BCUT2D eigenvalue weighted by atomic mass is 10.1. The number of hydrogen-bond acceptors (Lipinski definition) is 5. The van der Waals surface area contributed by atoms with Crippen molar-refractivity contribution in [3.05, 3.63) is 59.7 Å². The molecule has 1 aliphatic heterocycles. The van der Waals surface area contributed by atoms with E-state index in [-0.39, 0.29) is 5.91 Å². The minimum atomic E-state index is -0.248. The molecule has 0 unspecified atom stereocenters. The molecule has 27 heavy (non-hydrogen) atoms. The highest BCUT2D eigenvalue weighted by molar-refractivity contribution is 6.01. The largest absolute Gasteiger partial charge is 0.494 e. The lowest BCUT2D eigenvalue weighted by Gasteiger charge is -2.28. The molecule has 0 saturated carbocycles. The first-order valence-electron chi connectivity index (χ1n) is 9.18. The number of hydrogen-bond donors (Lipinski definition) is 1. The number of nitrogens with zero attached hydrogens (tertiary/aromatic N) is 2. The Morgan fingerprint density at radius 2 is 1.70 bits per heavy atom. The Bertz CT molecular complexity index is 779. The first-order valence-corrected chi connectivity index (χ1v) is 9.18. The SMILES string of the molecule is CCOc1ccc(C(=O)N/N=C(/C)c2ccc(N3CCOCC3)cc2)cc1. The second kappa shape index (κ2) is 9.19. The fourth-order valence-corrected chi connectivity index (χ4v) is 2.87. The summed E-state index contributed by atoms with van der Waals surface area (Å²) in [6.07, 6.45) is 0. The molecule has 0 aromatic heterocycles. The molecule has 0 atom stereocenters. The van der Waals surface area contributed by atoms with Gasteiger partial charge in [0.05, 0.1) is 25.5 Å². The Balaban J connectivity index is 1.60. The van der Waals surface area contributed by atoms with Gasteiger partial charge in [-0.25, -0.2) is 5.43 Å². The highest BCUT2D eigenvalue weighted by Crippen LogP contribution is 2.17. The Labute approximate surface area is 159 Å². The van der Waals surface area contributed by atoms with Gasteiger partial charge < -0.3 is 14.4 Å². The Morgan fingerprint density at radius 3 is 2.33 bits per heavy atom. The van der Waals surface area contributed by atoms with Crippen LogP contribution in [0.5, 0.6) is 5.75 Å². The van der Waals surface area contributed by atoms with Crippen LogP contribution in [-0.2, 0) is 4.74 Å². The van der Waals surface area contributed by atoms with Crippen molar-refractivity contribution in [2.45, 2.75) is 13.8 Å².